The number of halogens is 1. The summed E-state index contributed by atoms with van der Waals surface area (Å²) in [6.45, 7) is 0. The molecule has 5 heteroatoms. The fourth-order valence-electron chi connectivity index (χ4n) is 2.01. The van der Waals surface area contributed by atoms with Gasteiger partial charge in [-0.3, -0.25) is 0 Å². The minimum atomic E-state index is -0.982. The smallest absolute Gasteiger partial charge is 0.348 e. The minimum absolute atomic E-state index is 0.219. The molecular formula is C16H10ClNO2S. The van der Waals surface area contributed by atoms with Crippen LogP contribution in [-0.2, 0) is 0 Å². The molecule has 0 radical (unpaired) electrons. The molecule has 1 aromatic heterocycles. The number of rotatable bonds is 3. The van der Waals surface area contributed by atoms with Crippen LogP contribution in [0.3, 0.4) is 0 Å². The Morgan fingerprint density at radius 2 is 1.71 bits per heavy atom. The van der Waals surface area contributed by atoms with Crippen molar-refractivity contribution >= 4 is 28.9 Å². The van der Waals surface area contributed by atoms with Crippen LogP contribution < -0.4 is 0 Å². The Kier molecular flexibility index (Phi) is 3.73. The molecule has 1 N–H and O–H groups in total. The van der Waals surface area contributed by atoms with Crippen LogP contribution in [0, 0.1) is 0 Å². The summed E-state index contributed by atoms with van der Waals surface area (Å²) in [5.74, 6) is -0.982. The molecule has 0 saturated carbocycles. The minimum Gasteiger partial charge on any atom is -0.477 e. The summed E-state index contributed by atoms with van der Waals surface area (Å²) < 4.78 is 0. The van der Waals surface area contributed by atoms with Crippen molar-refractivity contribution in [1.29, 1.82) is 0 Å². The van der Waals surface area contributed by atoms with Crippen LogP contribution in [0.15, 0.2) is 54.6 Å². The maximum Gasteiger partial charge on any atom is 0.348 e. The molecule has 0 amide bonds. The van der Waals surface area contributed by atoms with Crippen molar-refractivity contribution in [3.8, 4) is 21.8 Å². The first-order chi connectivity index (χ1) is 10.2. The summed E-state index contributed by atoms with van der Waals surface area (Å²) in [5, 5.41) is 10.6. The van der Waals surface area contributed by atoms with E-state index in [2.05, 4.69) is 4.98 Å². The summed E-state index contributed by atoms with van der Waals surface area (Å²) in [6.07, 6.45) is 0. The number of thiazole rings is 1. The zero-order valence-electron chi connectivity index (χ0n) is 10.8. The number of benzene rings is 2. The summed E-state index contributed by atoms with van der Waals surface area (Å²) in [5.41, 5.74) is 2.00. The number of carboxylic acid groups (broad SMARTS) is 1. The summed E-state index contributed by atoms with van der Waals surface area (Å²) in [4.78, 5) is 16.2. The van der Waals surface area contributed by atoms with E-state index < -0.39 is 5.97 Å². The Bertz CT molecular complexity index is 799. The van der Waals surface area contributed by atoms with Crippen LogP contribution in [0.1, 0.15) is 9.67 Å². The first-order valence-electron chi connectivity index (χ1n) is 6.21. The van der Waals surface area contributed by atoms with Gasteiger partial charge in [0.25, 0.3) is 0 Å². The molecular weight excluding hydrogens is 306 g/mol. The lowest BCUT2D eigenvalue weighted by molar-refractivity contribution is 0.0702. The molecule has 0 unspecified atom stereocenters. The van der Waals surface area contributed by atoms with Crippen molar-refractivity contribution in [2.75, 3.05) is 0 Å². The third-order valence-electron chi connectivity index (χ3n) is 2.97. The van der Waals surface area contributed by atoms with Crippen LogP contribution in [0.4, 0.5) is 0 Å². The predicted octanol–water partition coefficient (Wildman–Crippen LogP) is 4.83. The Labute approximate surface area is 130 Å². The van der Waals surface area contributed by atoms with Gasteiger partial charge in [-0.25, -0.2) is 9.78 Å². The fourth-order valence-corrected chi connectivity index (χ4v) is 3.25. The largest absolute Gasteiger partial charge is 0.477 e. The van der Waals surface area contributed by atoms with Crippen molar-refractivity contribution in [3.05, 3.63) is 64.5 Å². The van der Waals surface area contributed by atoms with E-state index in [1.807, 2.05) is 48.5 Å². The van der Waals surface area contributed by atoms with Gasteiger partial charge in [-0.2, -0.15) is 0 Å². The van der Waals surface area contributed by atoms with Crippen molar-refractivity contribution in [2.45, 2.75) is 0 Å². The van der Waals surface area contributed by atoms with Gasteiger partial charge in [0.1, 0.15) is 9.88 Å². The molecule has 0 saturated heterocycles. The number of hydrogen-bond donors (Lipinski definition) is 1. The van der Waals surface area contributed by atoms with Crippen molar-refractivity contribution in [2.24, 2.45) is 0 Å². The zero-order chi connectivity index (χ0) is 14.8. The van der Waals surface area contributed by atoms with Gasteiger partial charge in [0.2, 0.25) is 0 Å². The number of nitrogens with zero attached hydrogens (tertiary/aromatic N) is 1. The molecule has 21 heavy (non-hydrogen) atoms. The topological polar surface area (TPSA) is 50.2 Å². The highest BCUT2D eigenvalue weighted by Crippen LogP contribution is 2.36. The molecule has 104 valence electrons. The molecule has 0 bridgehead atoms. The van der Waals surface area contributed by atoms with Gasteiger partial charge in [0, 0.05) is 11.1 Å². The first kappa shape index (κ1) is 13.8. The van der Waals surface area contributed by atoms with Crippen LogP contribution >= 0.6 is 22.9 Å². The van der Waals surface area contributed by atoms with E-state index in [0.29, 0.717) is 15.7 Å². The molecule has 0 aliphatic heterocycles. The quantitative estimate of drug-likeness (QED) is 0.753. The number of hydrogen-bond acceptors (Lipinski definition) is 3. The molecule has 0 fully saturated rings. The van der Waals surface area contributed by atoms with Crippen LogP contribution in [-0.4, -0.2) is 16.1 Å². The molecule has 2 aromatic carbocycles. The van der Waals surface area contributed by atoms with Gasteiger partial charge in [-0.05, 0) is 6.07 Å². The number of aromatic nitrogens is 1. The molecule has 0 atom stereocenters. The molecule has 3 nitrogen and oxygen atoms in total. The Balaban J connectivity index is 2.18. The van der Waals surface area contributed by atoms with Gasteiger partial charge >= 0.3 is 5.97 Å². The second kappa shape index (κ2) is 5.68. The summed E-state index contributed by atoms with van der Waals surface area (Å²) in [6, 6.07) is 16.6. The number of carbonyl (C=O) groups is 1. The van der Waals surface area contributed by atoms with Gasteiger partial charge in [0.05, 0.1) is 10.7 Å². The van der Waals surface area contributed by atoms with Crippen LogP contribution in [0.2, 0.25) is 5.02 Å². The number of aromatic carboxylic acids is 1. The average Bonchev–Trinajstić information content (AvgIpc) is 2.94. The summed E-state index contributed by atoms with van der Waals surface area (Å²) >= 11 is 7.30. The van der Waals surface area contributed by atoms with Gasteiger partial charge in [0.15, 0.2) is 0 Å². The third-order valence-corrected chi connectivity index (χ3v) is 4.38. The maximum atomic E-state index is 11.5. The first-order valence-corrected chi connectivity index (χ1v) is 7.40. The highest BCUT2D eigenvalue weighted by molar-refractivity contribution is 7.17. The third kappa shape index (κ3) is 2.68. The Morgan fingerprint density at radius 1 is 1.05 bits per heavy atom. The highest BCUT2D eigenvalue weighted by atomic mass is 35.5. The standard InChI is InChI=1S/C16H10ClNO2S/c17-12-9-5-4-8-11(12)15-18-13(14(21-15)16(19)20)10-6-2-1-3-7-10/h1-9H,(H,19,20). The SMILES string of the molecule is O=C(O)c1sc(-c2ccccc2Cl)nc1-c1ccccc1. The van der Waals surface area contributed by atoms with Gasteiger partial charge in [-0.15, -0.1) is 11.3 Å². The summed E-state index contributed by atoms with van der Waals surface area (Å²) in [7, 11) is 0. The lowest BCUT2D eigenvalue weighted by atomic mass is 10.1. The van der Waals surface area contributed by atoms with Crippen LogP contribution in [0.25, 0.3) is 21.8 Å². The van der Waals surface area contributed by atoms with E-state index >= 15 is 0 Å². The second-order valence-electron chi connectivity index (χ2n) is 4.35. The van der Waals surface area contributed by atoms with Crippen LogP contribution in [0.5, 0.6) is 0 Å². The van der Waals surface area contributed by atoms with E-state index in [9.17, 15) is 9.90 Å². The number of carboxylic acids is 1. The maximum absolute atomic E-state index is 11.5. The molecule has 3 rings (SSSR count). The van der Waals surface area contributed by atoms with Crippen molar-refractivity contribution in [1.82, 2.24) is 4.98 Å². The molecule has 3 aromatic rings. The lowest BCUT2D eigenvalue weighted by Crippen LogP contribution is -1.95. The Hall–Kier alpha value is -2.17. The van der Waals surface area contributed by atoms with Crippen molar-refractivity contribution < 1.29 is 9.90 Å². The van der Waals surface area contributed by atoms with E-state index in [-0.39, 0.29) is 4.88 Å². The van der Waals surface area contributed by atoms with Gasteiger partial charge < -0.3 is 5.11 Å². The molecule has 0 aliphatic rings. The Morgan fingerprint density at radius 3 is 2.38 bits per heavy atom. The van der Waals surface area contributed by atoms with E-state index in [0.717, 1.165) is 22.5 Å². The second-order valence-corrected chi connectivity index (χ2v) is 5.75. The molecule has 0 aliphatic carbocycles. The normalized spacial score (nSPS) is 10.5. The monoisotopic (exact) mass is 315 g/mol. The molecule has 1 heterocycles. The van der Waals surface area contributed by atoms with E-state index in [1.54, 1.807) is 6.07 Å². The lowest BCUT2D eigenvalue weighted by Gasteiger charge is -1.99. The molecule has 0 spiro atoms. The highest BCUT2D eigenvalue weighted by Gasteiger charge is 2.20. The van der Waals surface area contributed by atoms with Gasteiger partial charge in [-0.1, -0.05) is 60.1 Å². The van der Waals surface area contributed by atoms with E-state index in [4.69, 9.17) is 11.6 Å². The average molecular weight is 316 g/mol. The van der Waals surface area contributed by atoms with E-state index in [1.165, 1.54) is 0 Å². The fraction of sp³-hybridized carbons (Fsp3) is 0. The predicted molar refractivity (Wildman–Crippen MR) is 85.0 cm³/mol. The van der Waals surface area contributed by atoms with Crippen molar-refractivity contribution in [3.63, 3.8) is 0 Å². The zero-order valence-corrected chi connectivity index (χ0v) is 12.4.